The molecule has 122 valence electrons. The van der Waals surface area contributed by atoms with Gasteiger partial charge in [-0.15, -0.1) is 5.54 Å². The normalized spacial score (nSPS) is 15.6. The van der Waals surface area contributed by atoms with E-state index in [-0.39, 0.29) is 0 Å². The summed E-state index contributed by atoms with van der Waals surface area (Å²) in [7, 11) is 0.162. The van der Waals surface area contributed by atoms with E-state index in [2.05, 4.69) is 43.2 Å². The Bertz CT molecular complexity index is 645. The average molecular weight is 328 g/mol. The van der Waals surface area contributed by atoms with Crippen LogP contribution < -0.4 is 4.74 Å². The first-order valence-corrected chi connectivity index (χ1v) is 11.6. The fraction of sp³-hybridized carbons (Fsp3) is 0.421. The van der Waals surface area contributed by atoms with Crippen molar-refractivity contribution in [1.82, 2.24) is 4.90 Å². The standard InChI is InChI=1S/C19H25NO2Si/c1-22-17-10-8-16(9-11-17)18-7-5-6-13-20(15-21)19(18)12-14-23(2,3)4/h8-11,15H,5-7,13H2,1-4H3. The van der Waals surface area contributed by atoms with Crippen molar-refractivity contribution in [2.24, 2.45) is 0 Å². The number of carbonyl (C=O) groups is 1. The van der Waals surface area contributed by atoms with E-state index in [9.17, 15) is 4.79 Å². The zero-order valence-electron chi connectivity index (χ0n) is 14.5. The molecule has 1 amide bonds. The molecule has 4 heteroatoms. The van der Waals surface area contributed by atoms with Crippen LogP contribution >= 0.6 is 0 Å². The van der Waals surface area contributed by atoms with Crippen LogP contribution in [0.1, 0.15) is 24.8 Å². The van der Waals surface area contributed by atoms with E-state index in [0.717, 1.165) is 49.2 Å². The molecule has 3 nitrogen and oxygen atoms in total. The first kappa shape index (κ1) is 17.4. The Morgan fingerprint density at radius 2 is 1.87 bits per heavy atom. The third-order valence-electron chi connectivity index (χ3n) is 3.77. The van der Waals surface area contributed by atoms with E-state index >= 15 is 0 Å². The van der Waals surface area contributed by atoms with Crippen molar-refractivity contribution in [3.05, 3.63) is 35.5 Å². The van der Waals surface area contributed by atoms with Crippen LogP contribution in [0.25, 0.3) is 5.57 Å². The quantitative estimate of drug-likeness (QED) is 0.478. The predicted molar refractivity (Wildman–Crippen MR) is 97.7 cm³/mol. The highest BCUT2D eigenvalue weighted by atomic mass is 28.3. The molecule has 0 aliphatic carbocycles. The van der Waals surface area contributed by atoms with Crippen molar-refractivity contribution in [3.63, 3.8) is 0 Å². The highest BCUT2D eigenvalue weighted by Crippen LogP contribution is 2.30. The van der Waals surface area contributed by atoms with Gasteiger partial charge in [0.1, 0.15) is 13.8 Å². The number of methoxy groups -OCH3 is 1. The van der Waals surface area contributed by atoms with Gasteiger partial charge in [0.15, 0.2) is 0 Å². The highest BCUT2D eigenvalue weighted by molar-refractivity contribution is 6.83. The number of hydrogen-bond acceptors (Lipinski definition) is 2. The van der Waals surface area contributed by atoms with Gasteiger partial charge in [0.2, 0.25) is 6.41 Å². The Hall–Kier alpha value is -1.99. The number of benzene rings is 1. The molecule has 0 saturated carbocycles. The fourth-order valence-electron chi connectivity index (χ4n) is 2.56. The number of carbonyl (C=O) groups excluding carboxylic acids is 1. The van der Waals surface area contributed by atoms with Crippen molar-refractivity contribution in [3.8, 4) is 17.2 Å². The van der Waals surface area contributed by atoms with Crippen molar-refractivity contribution >= 4 is 20.1 Å². The second-order valence-corrected chi connectivity index (χ2v) is 11.6. The Balaban J connectivity index is 2.53. The SMILES string of the molecule is COc1ccc(C2=C(C#C[Si](C)(C)C)N(C=O)CCCC2)cc1. The Morgan fingerprint density at radius 1 is 1.17 bits per heavy atom. The predicted octanol–water partition coefficient (Wildman–Crippen LogP) is 3.93. The summed E-state index contributed by atoms with van der Waals surface area (Å²) >= 11 is 0. The second-order valence-electron chi connectivity index (χ2n) is 6.81. The number of allylic oxidation sites excluding steroid dienone is 2. The van der Waals surface area contributed by atoms with Gasteiger partial charge in [-0.25, -0.2) is 0 Å². The molecule has 0 radical (unpaired) electrons. The minimum atomic E-state index is -1.50. The van der Waals surface area contributed by atoms with Crippen LogP contribution in [0.5, 0.6) is 5.75 Å². The minimum Gasteiger partial charge on any atom is -0.497 e. The molecule has 1 aromatic rings. The van der Waals surface area contributed by atoms with E-state index < -0.39 is 8.07 Å². The molecule has 0 fully saturated rings. The molecule has 2 rings (SSSR count). The highest BCUT2D eigenvalue weighted by Gasteiger charge is 2.19. The van der Waals surface area contributed by atoms with Crippen LogP contribution in [0.3, 0.4) is 0 Å². The van der Waals surface area contributed by atoms with E-state index in [1.807, 2.05) is 12.1 Å². The van der Waals surface area contributed by atoms with Gasteiger partial charge in [0.05, 0.1) is 12.8 Å². The summed E-state index contributed by atoms with van der Waals surface area (Å²) in [6.45, 7) is 7.40. The van der Waals surface area contributed by atoms with Gasteiger partial charge >= 0.3 is 0 Å². The largest absolute Gasteiger partial charge is 0.497 e. The zero-order valence-corrected chi connectivity index (χ0v) is 15.5. The Morgan fingerprint density at radius 3 is 2.43 bits per heavy atom. The molecule has 1 aromatic carbocycles. The van der Waals surface area contributed by atoms with Gasteiger partial charge in [-0.3, -0.25) is 4.79 Å². The lowest BCUT2D eigenvalue weighted by molar-refractivity contribution is -0.116. The number of rotatable bonds is 3. The third kappa shape index (κ3) is 4.74. The number of amides is 1. The van der Waals surface area contributed by atoms with Crippen LogP contribution in [-0.2, 0) is 4.79 Å². The maximum atomic E-state index is 11.5. The minimum absolute atomic E-state index is 0.749. The lowest BCUT2D eigenvalue weighted by atomic mass is 9.99. The van der Waals surface area contributed by atoms with Crippen LogP contribution in [0.15, 0.2) is 30.0 Å². The first-order valence-electron chi connectivity index (χ1n) is 8.07. The van der Waals surface area contributed by atoms with Gasteiger partial charge in [-0.05, 0) is 42.5 Å². The van der Waals surface area contributed by atoms with E-state index in [0.29, 0.717) is 0 Å². The van der Waals surface area contributed by atoms with Crippen molar-refractivity contribution in [2.75, 3.05) is 13.7 Å². The van der Waals surface area contributed by atoms with E-state index in [1.54, 1.807) is 12.0 Å². The van der Waals surface area contributed by atoms with Gasteiger partial charge in [0, 0.05) is 6.54 Å². The number of hydrogen-bond donors (Lipinski definition) is 0. The molecule has 23 heavy (non-hydrogen) atoms. The molecule has 1 aliphatic rings. The number of ether oxygens (including phenoxy) is 1. The molecule has 0 bridgehead atoms. The lowest BCUT2D eigenvalue weighted by Gasteiger charge is -2.18. The van der Waals surface area contributed by atoms with Gasteiger partial charge in [0.25, 0.3) is 0 Å². The molecular weight excluding hydrogens is 302 g/mol. The number of nitrogens with zero attached hydrogens (tertiary/aromatic N) is 1. The lowest BCUT2D eigenvalue weighted by Crippen LogP contribution is -2.23. The fourth-order valence-corrected chi connectivity index (χ4v) is 3.05. The van der Waals surface area contributed by atoms with Gasteiger partial charge < -0.3 is 9.64 Å². The zero-order chi connectivity index (χ0) is 16.9. The first-order chi connectivity index (χ1) is 10.9. The van der Waals surface area contributed by atoms with Crippen LogP contribution in [0.2, 0.25) is 19.6 Å². The monoisotopic (exact) mass is 327 g/mol. The van der Waals surface area contributed by atoms with Crippen molar-refractivity contribution in [1.29, 1.82) is 0 Å². The molecule has 0 aromatic heterocycles. The van der Waals surface area contributed by atoms with Gasteiger partial charge in [-0.2, -0.15) is 0 Å². The van der Waals surface area contributed by atoms with Crippen LogP contribution in [-0.4, -0.2) is 33.0 Å². The molecule has 1 heterocycles. The second kappa shape index (κ2) is 7.52. The summed E-state index contributed by atoms with van der Waals surface area (Å²) in [5, 5.41) is 0. The Labute approximate surface area is 140 Å². The Kier molecular flexibility index (Phi) is 5.67. The molecule has 0 atom stereocenters. The summed E-state index contributed by atoms with van der Waals surface area (Å²) in [6.07, 6.45) is 3.95. The summed E-state index contributed by atoms with van der Waals surface area (Å²) < 4.78 is 5.24. The van der Waals surface area contributed by atoms with E-state index in [1.165, 1.54) is 5.57 Å². The molecule has 0 spiro atoms. The summed E-state index contributed by atoms with van der Waals surface area (Å²) in [6, 6.07) is 8.03. The topological polar surface area (TPSA) is 29.5 Å². The molecule has 0 N–H and O–H groups in total. The summed E-state index contributed by atoms with van der Waals surface area (Å²) in [5.74, 6) is 4.17. The molecule has 0 unspecified atom stereocenters. The summed E-state index contributed by atoms with van der Waals surface area (Å²) in [5.41, 5.74) is 6.59. The van der Waals surface area contributed by atoms with Crippen LogP contribution in [0.4, 0.5) is 0 Å². The summed E-state index contributed by atoms with van der Waals surface area (Å²) in [4.78, 5) is 13.3. The molecule has 0 saturated heterocycles. The van der Waals surface area contributed by atoms with E-state index in [4.69, 9.17) is 4.74 Å². The molecular formula is C19H25NO2Si. The van der Waals surface area contributed by atoms with Crippen molar-refractivity contribution in [2.45, 2.75) is 38.9 Å². The maximum Gasteiger partial charge on any atom is 0.214 e. The maximum absolute atomic E-state index is 11.5. The molecule has 1 aliphatic heterocycles. The van der Waals surface area contributed by atoms with Crippen molar-refractivity contribution < 1.29 is 9.53 Å². The van der Waals surface area contributed by atoms with Crippen LogP contribution in [0, 0.1) is 11.5 Å². The third-order valence-corrected chi connectivity index (χ3v) is 4.65. The smallest absolute Gasteiger partial charge is 0.214 e. The average Bonchev–Trinajstić information content (AvgIpc) is 2.74. The van der Waals surface area contributed by atoms with Gasteiger partial charge in [-0.1, -0.05) is 37.7 Å².